The summed E-state index contributed by atoms with van der Waals surface area (Å²) in [5, 5.41) is 7.89. The largest absolute Gasteiger partial charge is 0.315 e. The van der Waals surface area contributed by atoms with Gasteiger partial charge < -0.3 is 10.2 Å². The molecule has 0 aliphatic rings. The minimum Gasteiger partial charge on any atom is -0.315 e. The van der Waals surface area contributed by atoms with Crippen LogP contribution in [0.15, 0.2) is 12.3 Å². The Morgan fingerprint density at radius 1 is 1.44 bits per heavy atom. The molecule has 4 heteroatoms. The molecule has 0 fully saturated rings. The van der Waals surface area contributed by atoms with E-state index >= 15 is 0 Å². The van der Waals surface area contributed by atoms with Gasteiger partial charge in [0.1, 0.15) is 0 Å². The normalized spacial score (nSPS) is 13.7. The van der Waals surface area contributed by atoms with Crippen LogP contribution in [0.4, 0.5) is 0 Å². The summed E-state index contributed by atoms with van der Waals surface area (Å²) in [4.78, 5) is 2.20. The highest BCUT2D eigenvalue weighted by atomic mass is 15.3. The van der Waals surface area contributed by atoms with Crippen molar-refractivity contribution in [1.82, 2.24) is 20.0 Å². The lowest BCUT2D eigenvalue weighted by Gasteiger charge is -2.19. The molecule has 0 aromatic carbocycles. The highest BCUT2D eigenvalue weighted by Gasteiger charge is 2.10. The van der Waals surface area contributed by atoms with Crippen LogP contribution >= 0.6 is 0 Å². The third kappa shape index (κ3) is 3.94. The number of rotatable bonds is 6. The van der Waals surface area contributed by atoms with Gasteiger partial charge in [-0.2, -0.15) is 5.10 Å². The Bertz CT molecular complexity index is 304. The molecule has 0 amide bonds. The quantitative estimate of drug-likeness (QED) is 0.787. The molecule has 1 heterocycles. The van der Waals surface area contributed by atoms with Crippen LogP contribution in [0, 0.1) is 0 Å². The first-order valence-corrected chi connectivity index (χ1v) is 5.89. The van der Waals surface area contributed by atoms with Gasteiger partial charge in [0.25, 0.3) is 0 Å². The molecule has 1 N–H and O–H groups in total. The summed E-state index contributed by atoms with van der Waals surface area (Å²) in [5.41, 5.74) is 1.16. The van der Waals surface area contributed by atoms with Crippen LogP contribution in [0.25, 0.3) is 0 Å². The van der Waals surface area contributed by atoms with Crippen LogP contribution in [0.5, 0.6) is 0 Å². The molecule has 0 bridgehead atoms. The number of hydrogen-bond donors (Lipinski definition) is 1. The summed E-state index contributed by atoms with van der Waals surface area (Å²) in [6.07, 6.45) is 3.04. The van der Waals surface area contributed by atoms with Gasteiger partial charge in [0, 0.05) is 31.2 Å². The van der Waals surface area contributed by atoms with Crippen LogP contribution in [-0.2, 0) is 6.42 Å². The number of hydrogen-bond acceptors (Lipinski definition) is 3. The predicted molar refractivity (Wildman–Crippen MR) is 67.7 cm³/mol. The monoisotopic (exact) mass is 224 g/mol. The van der Waals surface area contributed by atoms with Gasteiger partial charge in [-0.3, -0.25) is 4.68 Å². The third-order valence-corrected chi connectivity index (χ3v) is 2.64. The van der Waals surface area contributed by atoms with Crippen molar-refractivity contribution >= 4 is 0 Å². The lowest BCUT2D eigenvalue weighted by atomic mass is 10.1. The molecular weight excluding hydrogens is 200 g/mol. The van der Waals surface area contributed by atoms with Crippen molar-refractivity contribution in [2.75, 3.05) is 27.7 Å². The van der Waals surface area contributed by atoms with E-state index in [1.807, 2.05) is 11.7 Å². The zero-order valence-electron chi connectivity index (χ0n) is 11.1. The molecule has 1 aromatic rings. The fourth-order valence-corrected chi connectivity index (χ4v) is 1.72. The van der Waals surface area contributed by atoms with E-state index in [1.54, 1.807) is 0 Å². The van der Waals surface area contributed by atoms with Gasteiger partial charge >= 0.3 is 0 Å². The minimum absolute atomic E-state index is 0.440. The van der Waals surface area contributed by atoms with E-state index < -0.39 is 0 Å². The number of likely N-dealkylation sites (N-methyl/N-ethyl adjacent to an activating group) is 2. The highest BCUT2D eigenvalue weighted by molar-refractivity contribution is 5.02. The first kappa shape index (κ1) is 13.2. The van der Waals surface area contributed by atoms with Crippen molar-refractivity contribution in [2.24, 2.45) is 0 Å². The van der Waals surface area contributed by atoms with Crippen molar-refractivity contribution < 1.29 is 0 Å². The smallest absolute Gasteiger partial charge is 0.0640 e. The predicted octanol–water partition coefficient (Wildman–Crippen LogP) is 1.16. The van der Waals surface area contributed by atoms with E-state index in [-0.39, 0.29) is 0 Å². The third-order valence-electron chi connectivity index (χ3n) is 2.64. The summed E-state index contributed by atoms with van der Waals surface area (Å²) in [7, 11) is 6.20. The molecule has 92 valence electrons. The number of aromatic nitrogens is 2. The standard InChI is InChI=1S/C12H24N4/c1-10(2)16-7-6-11(14-16)8-12(13-3)9-15(4)5/h6-7,10,12-13H,8-9H2,1-5H3. The SMILES string of the molecule is CNC(Cc1ccn(C(C)C)n1)CN(C)C. The van der Waals surface area contributed by atoms with E-state index in [4.69, 9.17) is 0 Å². The van der Waals surface area contributed by atoms with E-state index in [1.165, 1.54) is 0 Å². The zero-order chi connectivity index (χ0) is 12.1. The van der Waals surface area contributed by atoms with Gasteiger partial charge in [-0.15, -0.1) is 0 Å². The van der Waals surface area contributed by atoms with Gasteiger partial charge in [-0.05, 0) is 41.1 Å². The molecule has 16 heavy (non-hydrogen) atoms. The first-order chi connectivity index (χ1) is 7.52. The highest BCUT2D eigenvalue weighted by Crippen LogP contribution is 2.06. The van der Waals surface area contributed by atoms with Crippen molar-refractivity contribution in [2.45, 2.75) is 32.4 Å². The topological polar surface area (TPSA) is 33.1 Å². The van der Waals surface area contributed by atoms with E-state index in [9.17, 15) is 0 Å². The molecule has 0 saturated carbocycles. The second-order valence-electron chi connectivity index (χ2n) is 4.83. The summed E-state index contributed by atoms with van der Waals surface area (Å²) < 4.78 is 2.01. The van der Waals surface area contributed by atoms with Gasteiger partial charge in [0.15, 0.2) is 0 Å². The Morgan fingerprint density at radius 3 is 2.56 bits per heavy atom. The molecule has 0 aliphatic carbocycles. The molecule has 1 aromatic heterocycles. The van der Waals surface area contributed by atoms with Gasteiger partial charge in [0.05, 0.1) is 5.69 Å². The van der Waals surface area contributed by atoms with Crippen molar-refractivity contribution in [1.29, 1.82) is 0 Å². The second kappa shape index (κ2) is 6.01. The van der Waals surface area contributed by atoms with Crippen molar-refractivity contribution in [3.8, 4) is 0 Å². The maximum absolute atomic E-state index is 4.56. The van der Waals surface area contributed by atoms with E-state index in [0.29, 0.717) is 12.1 Å². The Balaban J connectivity index is 2.56. The van der Waals surface area contributed by atoms with Crippen LogP contribution in [-0.4, -0.2) is 48.4 Å². The molecule has 0 spiro atoms. The molecule has 1 unspecified atom stereocenters. The van der Waals surface area contributed by atoms with Crippen LogP contribution in [0.3, 0.4) is 0 Å². The fourth-order valence-electron chi connectivity index (χ4n) is 1.72. The van der Waals surface area contributed by atoms with E-state index in [2.05, 4.69) is 55.5 Å². The van der Waals surface area contributed by atoms with Gasteiger partial charge in [0.2, 0.25) is 0 Å². The van der Waals surface area contributed by atoms with Crippen molar-refractivity contribution in [3.05, 3.63) is 18.0 Å². The molecular formula is C12H24N4. The maximum Gasteiger partial charge on any atom is 0.0640 e. The fraction of sp³-hybridized carbons (Fsp3) is 0.750. The molecule has 0 aliphatic heterocycles. The summed E-state index contributed by atoms with van der Waals surface area (Å²) in [6, 6.07) is 3.01. The zero-order valence-corrected chi connectivity index (χ0v) is 11.1. The Morgan fingerprint density at radius 2 is 2.12 bits per heavy atom. The van der Waals surface area contributed by atoms with E-state index in [0.717, 1.165) is 18.7 Å². The Hall–Kier alpha value is -0.870. The number of nitrogens with one attached hydrogen (secondary N) is 1. The molecule has 0 saturated heterocycles. The Labute approximate surface area is 98.6 Å². The average Bonchev–Trinajstić information content (AvgIpc) is 2.64. The minimum atomic E-state index is 0.440. The van der Waals surface area contributed by atoms with Crippen LogP contribution in [0.2, 0.25) is 0 Å². The maximum atomic E-state index is 4.56. The number of nitrogens with zero attached hydrogens (tertiary/aromatic N) is 3. The van der Waals surface area contributed by atoms with Gasteiger partial charge in [-0.1, -0.05) is 0 Å². The second-order valence-corrected chi connectivity index (χ2v) is 4.83. The molecule has 1 atom stereocenters. The van der Waals surface area contributed by atoms with Crippen LogP contribution < -0.4 is 5.32 Å². The molecule has 0 radical (unpaired) electrons. The Kier molecular flexibility index (Phi) is 4.96. The lowest BCUT2D eigenvalue weighted by molar-refractivity contribution is 0.344. The first-order valence-electron chi connectivity index (χ1n) is 5.89. The van der Waals surface area contributed by atoms with Crippen molar-refractivity contribution in [3.63, 3.8) is 0 Å². The average molecular weight is 224 g/mol. The molecule has 4 nitrogen and oxygen atoms in total. The summed E-state index contributed by atoms with van der Waals surface area (Å²) in [5.74, 6) is 0. The lowest BCUT2D eigenvalue weighted by Crippen LogP contribution is -2.37. The summed E-state index contributed by atoms with van der Waals surface area (Å²) in [6.45, 7) is 5.32. The summed E-state index contributed by atoms with van der Waals surface area (Å²) >= 11 is 0. The van der Waals surface area contributed by atoms with Gasteiger partial charge in [-0.25, -0.2) is 0 Å². The van der Waals surface area contributed by atoms with Crippen LogP contribution in [0.1, 0.15) is 25.6 Å². The molecule has 1 rings (SSSR count).